The molecule has 3 nitrogen and oxygen atoms in total. The van der Waals surface area contributed by atoms with Crippen LogP contribution in [0, 0.1) is 5.92 Å². The van der Waals surface area contributed by atoms with Gasteiger partial charge in [-0.05, 0) is 31.3 Å². The molecule has 1 atom stereocenters. The van der Waals surface area contributed by atoms with E-state index in [4.69, 9.17) is 4.74 Å². The van der Waals surface area contributed by atoms with Gasteiger partial charge in [-0.25, -0.2) is 0 Å². The van der Waals surface area contributed by atoms with E-state index in [0.717, 1.165) is 25.0 Å². The Hall–Kier alpha value is -0.220. The van der Waals surface area contributed by atoms with Gasteiger partial charge in [0.1, 0.15) is 0 Å². The lowest BCUT2D eigenvalue weighted by molar-refractivity contribution is -0.122. The summed E-state index contributed by atoms with van der Waals surface area (Å²) in [5.41, 5.74) is 0. The van der Waals surface area contributed by atoms with Gasteiger partial charge in [-0.3, -0.25) is 4.79 Å². The Bertz CT molecular complexity index is 183. The Morgan fingerprint density at radius 3 is 2.86 bits per heavy atom. The number of amides is 1. The Labute approximate surface area is 90.0 Å². The number of hydrogen-bond donors (Lipinski definition) is 1. The molecule has 14 heavy (non-hydrogen) atoms. The maximum absolute atomic E-state index is 11.3. The number of rotatable bonds is 7. The fourth-order valence-electron chi connectivity index (χ4n) is 1.26. The molecule has 1 rings (SSSR count). The third-order valence-electron chi connectivity index (χ3n) is 2.43. The summed E-state index contributed by atoms with van der Waals surface area (Å²) in [7, 11) is 1.70. The quantitative estimate of drug-likeness (QED) is 0.698. The van der Waals surface area contributed by atoms with Crippen LogP contribution in [0.15, 0.2) is 0 Å². The lowest BCUT2D eigenvalue weighted by Crippen LogP contribution is -2.34. The Morgan fingerprint density at radius 2 is 2.36 bits per heavy atom. The fourth-order valence-corrected chi connectivity index (χ4v) is 1.76. The zero-order chi connectivity index (χ0) is 10.4. The van der Waals surface area contributed by atoms with Crippen LogP contribution in [0.25, 0.3) is 0 Å². The van der Waals surface area contributed by atoms with Crippen molar-refractivity contribution in [2.24, 2.45) is 5.92 Å². The van der Waals surface area contributed by atoms with Crippen LogP contribution in [0.2, 0.25) is 0 Å². The molecule has 1 unspecified atom stereocenters. The standard InChI is InChI=1S/C10H19NO2S/c1-13-9(5-6-14-2)7-11-10(12)8-3-4-8/h8-9H,3-7H2,1-2H3,(H,11,12). The van der Waals surface area contributed by atoms with Crippen LogP contribution in [0.5, 0.6) is 0 Å². The molecule has 1 aliphatic rings. The van der Waals surface area contributed by atoms with Gasteiger partial charge in [0.2, 0.25) is 5.91 Å². The van der Waals surface area contributed by atoms with Gasteiger partial charge in [0.15, 0.2) is 0 Å². The van der Waals surface area contributed by atoms with E-state index < -0.39 is 0 Å². The van der Waals surface area contributed by atoms with E-state index in [1.54, 1.807) is 18.9 Å². The minimum atomic E-state index is 0.171. The van der Waals surface area contributed by atoms with Crippen LogP contribution in [-0.4, -0.2) is 37.7 Å². The molecule has 0 spiro atoms. The van der Waals surface area contributed by atoms with E-state index in [2.05, 4.69) is 11.6 Å². The van der Waals surface area contributed by atoms with E-state index in [1.807, 2.05) is 0 Å². The maximum atomic E-state index is 11.3. The molecular weight excluding hydrogens is 198 g/mol. The molecule has 1 amide bonds. The fraction of sp³-hybridized carbons (Fsp3) is 0.900. The number of nitrogens with one attached hydrogen (secondary N) is 1. The first-order chi connectivity index (χ1) is 6.77. The van der Waals surface area contributed by atoms with Crippen molar-refractivity contribution in [3.8, 4) is 0 Å². The third kappa shape index (κ3) is 4.33. The number of hydrogen-bond acceptors (Lipinski definition) is 3. The van der Waals surface area contributed by atoms with Crippen molar-refractivity contribution < 1.29 is 9.53 Å². The first-order valence-corrected chi connectivity index (χ1v) is 6.46. The van der Waals surface area contributed by atoms with Crippen LogP contribution < -0.4 is 5.32 Å². The molecule has 0 aromatic carbocycles. The van der Waals surface area contributed by atoms with Gasteiger partial charge in [-0.2, -0.15) is 11.8 Å². The summed E-state index contributed by atoms with van der Waals surface area (Å²) in [5.74, 6) is 1.59. The van der Waals surface area contributed by atoms with Crippen molar-refractivity contribution in [1.29, 1.82) is 0 Å². The molecule has 0 aromatic heterocycles. The van der Waals surface area contributed by atoms with Crippen molar-refractivity contribution in [2.75, 3.05) is 25.7 Å². The summed E-state index contributed by atoms with van der Waals surface area (Å²) in [5, 5.41) is 2.93. The van der Waals surface area contributed by atoms with E-state index in [1.165, 1.54) is 0 Å². The number of carbonyl (C=O) groups excluding carboxylic acids is 1. The van der Waals surface area contributed by atoms with Gasteiger partial charge in [-0.1, -0.05) is 0 Å². The first-order valence-electron chi connectivity index (χ1n) is 5.07. The van der Waals surface area contributed by atoms with Gasteiger partial charge in [-0.15, -0.1) is 0 Å². The van der Waals surface area contributed by atoms with E-state index in [9.17, 15) is 4.79 Å². The van der Waals surface area contributed by atoms with Crippen LogP contribution in [0.4, 0.5) is 0 Å². The summed E-state index contributed by atoms with van der Waals surface area (Å²) < 4.78 is 5.27. The molecule has 1 N–H and O–H groups in total. The maximum Gasteiger partial charge on any atom is 0.223 e. The molecule has 0 saturated heterocycles. The average molecular weight is 217 g/mol. The Kier molecular flexibility index (Phi) is 5.33. The zero-order valence-corrected chi connectivity index (χ0v) is 9.73. The number of methoxy groups -OCH3 is 1. The highest BCUT2D eigenvalue weighted by Gasteiger charge is 2.29. The highest BCUT2D eigenvalue weighted by molar-refractivity contribution is 7.98. The Balaban J connectivity index is 2.09. The lowest BCUT2D eigenvalue weighted by Gasteiger charge is -2.15. The predicted octanol–water partition coefficient (Wildman–Crippen LogP) is 1.28. The van der Waals surface area contributed by atoms with E-state index >= 15 is 0 Å². The molecule has 1 saturated carbocycles. The van der Waals surface area contributed by atoms with Gasteiger partial charge >= 0.3 is 0 Å². The highest BCUT2D eigenvalue weighted by atomic mass is 32.2. The lowest BCUT2D eigenvalue weighted by atomic mass is 10.2. The summed E-state index contributed by atoms with van der Waals surface area (Å²) in [6, 6.07) is 0. The minimum Gasteiger partial charge on any atom is -0.380 e. The van der Waals surface area contributed by atoms with Gasteiger partial charge in [0, 0.05) is 19.6 Å². The third-order valence-corrected chi connectivity index (χ3v) is 3.07. The normalized spacial score (nSPS) is 17.9. The van der Waals surface area contributed by atoms with Crippen LogP contribution in [0.1, 0.15) is 19.3 Å². The van der Waals surface area contributed by atoms with E-state index in [0.29, 0.717) is 12.5 Å². The smallest absolute Gasteiger partial charge is 0.223 e. The topological polar surface area (TPSA) is 38.3 Å². The summed E-state index contributed by atoms with van der Waals surface area (Å²) in [4.78, 5) is 11.3. The van der Waals surface area contributed by atoms with Gasteiger partial charge in [0.25, 0.3) is 0 Å². The van der Waals surface area contributed by atoms with Crippen LogP contribution in [-0.2, 0) is 9.53 Å². The second-order valence-electron chi connectivity index (χ2n) is 3.66. The number of carbonyl (C=O) groups is 1. The molecule has 4 heteroatoms. The second-order valence-corrected chi connectivity index (χ2v) is 4.64. The van der Waals surface area contributed by atoms with Crippen LogP contribution >= 0.6 is 11.8 Å². The first kappa shape index (κ1) is 11.9. The Morgan fingerprint density at radius 1 is 1.64 bits per heavy atom. The molecule has 1 aliphatic carbocycles. The van der Waals surface area contributed by atoms with Crippen LogP contribution in [0.3, 0.4) is 0 Å². The summed E-state index contributed by atoms with van der Waals surface area (Å²) in [6.45, 7) is 0.659. The summed E-state index contributed by atoms with van der Waals surface area (Å²) >= 11 is 1.81. The molecule has 0 heterocycles. The van der Waals surface area contributed by atoms with Crippen molar-refractivity contribution in [3.05, 3.63) is 0 Å². The minimum absolute atomic E-state index is 0.171. The number of thioether (sulfide) groups is 1. The number of ether oxygens (including phenoxy) is 1. The molecule has 0 aromatic rings. The molecule has 82 valence electrons. The molecule has 1 fully saturated rings. The predicted molar refractivity (Wildman–Crippen MR) is 59.5 cm³/mol. The van der Waals surface area contributed by atoms with Crippen molar-refractivity contribution in [1.82, 2.24) is 5.32 Å². The highest BCUT2D eigenvalue weighted by Crippen LogP contribution is 2.28. The summed E-state index contributed by atoms with van der Waals surface area (Å²) in [6.07, 6.45) is 5.38. The molecule has 0 bridgehead atoms. The van der Waals surface area contributed by atoms with Crippen molar-refractivity contribution in [2.45, 2.75) is 25.4 Å². The van der Waals surface area contributed by atoms with Gasteiger partial charge < -0.3 is 10.1 Å². The zero-order valence-electron chi connectivity index (χ0n) is 8.91. The van der Waals surface area contributed by atoms with E-state index in [-0.39, 0.29) is 12.0 Å². The molecule has 0 radical (unpaired) electrons. The van der Waals surface area contributed by atoms with Crippen molar-refractivity contribution >= 4 is 17.7 Å². The average Bonchev–Trinajstić information content (AvgIpc) is 3.01. The van der Waals surface area contributed by atoms with Gasteiger partial charge in [0.05, 0.1) is 6.10 Å². The van der Waals surface area contributed by atoms with Crippen molar-refractivity contribution in [3.63, 3.8) is 0 Å². The molecular formula is C10H19NO2S. The largest absolute Gasteiger partial charge is 0.380 e. The SMILES string of the molecule is COC(CCSC)CNC(=O)C1CC1. The monoisotopic (exact) mass is 217 g/mol. The molecule has 0 aliphatic heterocycles. The second kappa shape index (κ2) is 6.30.